The molecule has 7 heteroatoms. The van der Waals surface area contributed by atoms with Crippen LogP contribution in [-0.2, 0) is 10.8 Å². The number of rotatable bonds is 5. The molecule has 2 aromatic heterocycles. The van der Waals surface area contributed by atoms with Crippen LogP contribution in [0.1, 0.15) is 105 Å². The van der Waals surface area contributed by atoms with Gasteiger partial charge in [0.05, 0.1) is 86.3 Å². The molecule has 0 saturated carbocycles. The normalized spacial score (nSPS) is 19.6. The van der Waals surface area contributed by atoms with Crippen LogP contribution in [0.25, 0.3) is 60.6 Å². The van der Waals surface area contributed by atoms with Gasteiger partial charge < -0.3 is 23.7 Å². The summed E-state index contributed by atoms with van der Waals surface area (Å²) in [5.74, 6) is 0. The molecule has 0 saturated heterocycles. The fourth-order valence-corrected chi connectivity index (χ4v) is 10.1. The molecular formula is C69H52BN5O. The van der Waals surface area contributed by atoms with Crippen LogP contribution in [0.4, 0.5) is 51.2 Å². The fourth-order valence-electron chi connectivity index (χ4n) is 10.1. The van der Waals surface area contributed by atoms with Gasteiger partial charge in [0.15, 0.2) is 0 Å². The van der Waals surface area contributed by atoms with Crippen molar-refractivity contribution in [1.82, 2.24) is 4.57 Å². The lowest BCUT2D eigenvalue weighted by Crippen LogP contribution is -2.61. The first-order valence-corrected chi connectivity index (χ1v) is 23.7. The van der Waals surface area contributed by atoms with E-state index in [0.29, 0.717) is 9.80 Å². The molecule has 0 fully saturated rings. The minimum absolute atomic E-state index is 0.210. The van der Waals surface area contributed by atoms with Gasteiger partial charge in [-0.1, -0.05) is 156 Å². The van der Waals surface area contributed by atoms with Crippen molar-refractivity contribution in [1.29, 1.82) is 5.26 Å². The zero-order valence-corrected chi connectivity index (χ0v) is 40.7. The number of furan rings is 1. The lowest BCUT2D eigenvalue weighted by Gasteiger charge is -2.46. The molecule has 0 radical (unpaired) electrons. The van der Waals surface area contributed by atoms with E-state index in [-0.39, 0.29) is 11.1 Å². The lowest BCUT2D eigenvalue weighted by molar-refractivity contribution is 0.590. The van der Waals surface area contributed by atoms with Gasteiger partial charge in [-0.3, -0.25) is 0 Å². The maximum Gasteiger partial charge on any atom is 0.252 e. The van der Waals surface area contributed by atoms with E-state index in [9.17, 15) is 40.9 Å². The van der Waals surface area contributed by atoms with Gasteiger partial charge in [-0.05, 0) is 140 Å². The van der Waals surface area contributed by atoms with Crippen LogP contribution >= 0.6 is 0 Å². The number of hydrogen-bond acceptors (Lipinski definition) is 5. The van der Waals surface area contributed by atoms with E-state index in [0.717, 1.165) is 9.47 Å². The summed E-state index contributed by atoms with van der Waals surface area (Å²) in [5.41, 5.74) is -18.5. The van der Waals surface area contributed by atoms with Gasteiger partial charge in [0.1, 0.15) is 11.2 Å². The number of fused-ring (bicyclic) bond motifs is 12. The largest absolute Gasteiger partial charge is 0.456 e. The molecule has 6 nitrogen and oxygen atoms in total. The molecule has 3 aliphatic heterocycles. The minimum atomic E-state index is -2.23. The van der Waals surface area contributed by atoms with Crippen molar-refractivity contribution in [2.24, 2.45) is 0 Å². The molecule has 5 heterocycles. The van der Waals surface area contributed by atoms with Crippen LogP contribution in [0.2, 0.25) is 0 Å². The standard InChI is InChI=1S/C69H52BN5O/c1-68(2,3)44-26-32-46(33-27-44)72(47-34-28-45(29-35-47)69(4,5)6)49-36-37-54-59(40-49)73(48-30-24-43(25-31-48)50-16-12-23-63-64(50)53-15-8-10-22-62(53)76-63)60-38-42(41-71)39-61-65(60)70(54)55-18-13-21-58-67(55)75(61)57-20-11-17-52-51-14-7-9-19-56(51)74(58)66(52)57/h7-40H,1-6H3/i7D,8D,9D,10D,11D,12D,13D,14D,15D,16D,17D,18D,19D,20D,21D,22D,23D,24D,25D,26D,27D,28D,29D,30D,31D,32D,33D,34D,35D,36D,37D,38D,39D,40D. The Labute approximate surface area is 490 Å². The molecule has 0 atom stereocenters. The second-order valence-electron chi connectivity index (χ2n) is 20.2. The number of hydrogen-bond donors (Lipinski definition) is 0. The molecular weight excluding hydrogens is 926 g/mol. The number of nitrogens with zero attached hydrogens (tertiary/aromatic N) is 5. The summed E-state index contributed by atoms with van der Waals surface area (Å²) in [6, 6.07) is -31.3. The first kappa shape index (κ1) is 21.9. The SMILES string of the molecule is [2H]c1c([2H])c2c3c(c1[2H])-n1c4c([2H])c([2H])c([2H])c([2H])c4c4c([2H])c([2H])c([2H])c(c41)N3c1c([2H])c(C#N)c([2H])c3c1B2c1c([2H])c([2H])c(N(c2c([2H])c([2H])c(C(C)(C)C)c([2H])c2[2H])c2c([2H])c([2H])c(C(C)(C)C)c([2H])c2[2H])c([2H])c1N3c1c([2H])c([2H])c(-c2c([2H])c([2H])c([2H])c3oc4c([2H])c([2H])c([2H])c([2H])c4c23)c([2H])c1[2H]. The van der Waals surface area contributed by atoms with Gasteiger partial charge in [-0.25, -0.2) is 0 Å². The maximum absolute atomic E-state index is 11.6. The van der Waals surface area contributed by atoms with E-state index < -0.39 is 357 Å². The zero-order valence-electron chi connectivity index (χ0n) is 74.7. The molecule has 0 spiro atoms. The van der Waals surface area contributed by atoms with Gasteiger partial charge in [0.25, 0.3) is 6.71 Å². The number of aromatic nitrogens is 1. The molecule has 3 aliphatic rings. The first-order valence-electron chi connectivity index (χ1n) is 40.7. The topological polar surface area (TPSA) is 51.6 Å². The molecule has 0 amide bonds. The Morgan fingerprint density at radius 2 is 1.12 bits per heavy atom. The van der Waals surface area contributed by atoms with E-state index in [4.69, 9.17) is 15.4 Å². The van der Waals surface area contributed by atoms with Crippen molar-refractivity contribution in [2.75, 3.05) is 14.7 Å². The van der Waals surface area contributed by atoms with Crippen LogP contribution in [0.15, 0.2) is 210 Å². The summed E-state index contributed by atoms with van der Waals surface area (Å²) in [4.78, 5) is 2.09. The van der Waals surface area contributed by atoms with Gasteiger partial charge in [-0.2, -0.15) is 5.26 Å². The summed E-state index contributed by atoms with van der Waals surface area (Å²) in [7, 11) is 0. The highest BCUT2D eigenvalue weighted by atomic mass is 16.3. The molecule has 0 N–H and O–H groups in total. The predicted octanol–water partition coefficient (Wildman–Crippen LogP) is 16.7. The van der Waals surface area contributed by atoms with Crippen LogP contribution < -0.4 is 31.1 Å². The molecule has 12 aromatic rings. The molecule has 0 unspecified atom stereocenters. The highest BCUT2D eigenvalue weighted by Crippen LogP contribution is 2.53. The van der Waals surface area contributed by atoms with Crippen molar-refractivity contribution < 1.29 is 51.0 Å². The number of para-hydroxylation sites is 4. The van der Waals surface area contributed by atoms with Crippen LogP contribution in [0, 0.1) is 11.3 Å². The Kier molecular flexibility index (Phi) is 4.58. The minimum Gasteiger partial charge on any atom is -0.456 e. The van der Waals surface area contributed by atoms with E-state index >= 15 is 0 Å². The molecule has 10 aromatic carbocycles. The molecule has 15 rings (SSSR count). The quantitative estimate of drug-likeness (QED) is 0.161. The third kappa shape index (κ3) is 6.34. The van der Waals surface area contributed by atoms with Crippen molar-refractivity contribution in [3.05, 3.63) is 222 Å². The molecule has 362 valence electrons. The summed E-state index contributed by atoms with van der Waals surface area (Å²) < 4.78 is 337. The highest BCUT2D eigenvalue weighted by Gasteiger charge is 2.46. The Morgan fingerprint density at radius 1 is 0.513 bits per heavy atom. The molecule has 0 aliphatic carbocycles. The van der Waals surface area contributed by atoms with Crippen molar-refractivity contribution in [2.45, 2.75) is 52.4 Å². The lowest BCUT2D eigenvalue weighted by atomic mass is 9.33. The summed E-state index contributed by atoms with van der Waals surface area (Å²) in [6.07, 6.45) is 0. The summed E-state index contributed by atoms with van der Waals surface area (Å²) in [6.45, 7) is 7.15. The molecule has 76 heavy (non-hydrogen) atoms. The fraction of sp³-hybridized carbons (Fsp3) is 0.116. The second-order valence-corrected chi connectivity index (χ2v) is 20.2. The van der Waals surface area contributed by atoms with Gasteiger partial charge >= 0.3 is 0 Å². The van der Waals surface area contributed by atoms with Crippen LogP contribution in [0.5, 0.6) is 0 Å². The maximum atomic E-state index is 11.6. The average Bonchev–Trinajstić information content (AvgIpc) is 1.21. The smallest absolute Gasteiger partial charge is 0.252 e. The van der Waals surface area contributed by atoms with E-state index in [1.165, 1.54) is 0 Å². The third-order valence-electron chi connectivity index (χ3n) is 13.6. The zero-order chi connectivity index (χ0) is 80.9. The van der Waals surface area contributed by atoms with Crippen molar-refractivity contribution in [3.63, 3.8) is 0 Å². The van der Waals surface area contributed by atoms with Crippen molar-refractivity contribution in [3.8, 4) is 22.9 Å². The van der Waals surface area contributed by atoms with Crippen molar-refractivity contribution >= 4 is 118 Å². The number of nitriles is 1. The highest BCUT2D eigenvalue weighted by molar-refractivity contribution is 7.00. The van der Waals surface area contributed by atoms with E-state index in [1.807, 2.05) is 6.07 Å². The number of benzene rings is 10. The predicted molar refractivity (Wildman–Crippen MR) is 318 cm³/mol. The second kappa shape index (κ2) is 15.9. The van der Waals surface area contributed by atoms with Gasteiger partial charge in [0, 0.05) is 61.4 Å². The van der Waals surface area contributed by atoms with Crippen LogP contribution in [0.3, 0.4) is 0 Å². The van der Waals surface area contributed by atoms with Gasteiger partial charge in [0.2, 0.25) is 0 Å². The Hall–Kier alpha value is -9.25. The average molecular weight is 1010 g/mol. The Bertz CT molecular complexity index is 6380. The monoisotopic (exact) mass is 1010 g/mol. The summed E-state index contributed by atoms with van der Waals surface area (Å²) >= 11 is 0. The van der Waals surface area contributed by atoms with E-state index in [1.54, 1.807) is 41.5 Å². The summed E-state index contributed by atoms with van der Waals surface area (Å²) in [5, 5.41) is 9.58. The molecule has 0 bridgehead atoms. The first-order chi connectivity index (χ1) is 51.1. The number of anilines is 9. The Balaban J connectivity index is 1.20. The van der Waals surface area contributed by atoms with Gasteiger partial charge in [-0.15, -0.1) is 0 Å². The Morgan fingerprint density at radius 3 is 1.83 bits per heavy atom. The van der Waals surface area contributed by atoms with Crippen LogP contribution in [-0.4, -0.2) is 11.3 Å². The third-order valence-corrected chi connectivity index (χ3v) is 13.6. The van der Waals surface area contributed by atoms with E-state index in [2.05, 4.69) is 0 Å².